The Kier molecular flexibility index (Phi) is 3.80. The van der Waals surface area contributed by atoms with Gasteiger partial charge in [-0.3, -0.25) is 4.79 Å². The van der Waals surface area contributed by atoms with Crippen LogP contribution in [0.25, 0.3) is 10.6 Å². The number of carbonyl (C=O) groups is 1. The lowest BCUT2D eigenvalue weighted by Gasteiger charge is -2.03. The smallest absolute Gasteiger partial charge is 0.226 e. The van der Waals surface area contributed by atoms with Crippen LogP contribution in [0.1, 0.15) is 24.1 Å². The molecule has 1 aromatic carbocycles. The first-order valence-electron chi connectivity index (χ1n) is 6.78. The van der Waals surface area contributed by atoms with Crippen LogP contribution in [0.15, 0.2) is 29.6 Å². The molecular formula is C15H17N3OS. The lowest BCUT2D eigenvalue weighted by atomic mass is 10.1. The van der Waals surface area contributed by atoms with Crippen molar-refractivity contribution in [1.29, 1.82) is 0 Å². The van der Waals surface area contributed by atoms with Crippen LogP contribution in [0, 0.1) is 0 Å². The molecule has 104 valence electrons. The number of nitrogens with two attached hydrogens (primary N) is 1. The van der Waals surface area contributed by atoms with Gasteiger partial charge >= 0.3 is 0 Å². The van der Waals surface area contributed by atoms with Crippen molar-refractivity contribution in [3.8, 4) is 10.6 Å². The highest BCUT2D eigenvalue weighted by Gasteiger charge is 2.23. The van der Waals surface area contributed by atoms with Gasteiger partial charge in [0.05, 0.1) is 12.1 Å². The number of carbonyl (C=O) groups excluding carboxylic acids is 1. The van der Waals surface area contributed by atoms with Crippen molar-refractivity contribution < 1.29 is 4.79 Å². The molecule has 0 spiro atoms. The minimum atomic E-state index is 0.0662. The second kappa shape index (κ2) is 5.73. The predicted molar refractivity (Wildman–Crippen MR) is 80.3 cm³/mol. The summed E-state index contributed by atoms with van der Waals surface area (Å²) in [6.45, 7) is 0.493. The molecular weight excluding hydrogens is 270 g/mol. The summed E-state index contributed by atoms with van der Waals surface area (Å²) in [5.74, 6) is 0.0662. The first-order chi connectivity index (χ1) is 9.76. The first kappa shape index (κ1) is 13.3. The summed E-state index contributed by atoms with van der Waals surface area (Å²) < 4.78 is 0. The predicted octanol–water partition coefficient (Wildman–Crippen LogP) is 2.09. The van der Waals surface area contributed by atoms with Crippen molar-refractivity contribution in [3.63, 3.8) is 0 Å². The van der Waals surface area contributed by atoms with Gasteiger partial charge in [-0.2, -0.15) is 0 Å². The summed E-state index contributed by atoms with van der Waals surface area (Å²) in [7, 11) is 0. The molecule has 1 aliphatic rings. The quantitative estimate of drug-likeness (QED) is 0.885. The van der Waals surface area contributed by atoms with E-state index in [2.05, 4.69) is 10.3 Å². The maximum absolute atomic E-state index is 11.8. The number of thiazole rings is 1. The summed E-state index contributed by atoms with van der Waals surface area (Å²) in [6, 6.07) is 8.39. The number of aromatic nitrogens is 1. The third-order valence-electron chi connectivity index (χ3n) is 3.30. The fourth-order valence-corrected chi connectivity index (χ4v) is 2.97. The SMILES string of the molecule is NCc1ccccc1-c1nc(CC(=O)NC2CC2)cs1. The van der Waals surface area contributed by atoms with Gasteiger partial charge < -0.3 is 11.1 Å². The Hall–Kier alpha value is -1.72. The summed E-state index contributed by atoms with van der Waals surface area (Å²) >= 11 is 1.56. The zero-order valence-corrected chi connectivity index (χ0v) is 12.0. The molecule has 0 unspecified atom stereocenters. The van der Waals surface area contributed by atoms with E-state index in [-0.39, 0.29) is 5.91 Å². The van der Waals surface area contributed by atoms with E-state index in [9.17, 15) is 4.79 Å². The third kappa shape index (κ3) is 3.05. The number of amides is 1. The van der Waals surface area contributed by atoms with Crippen molar-refractivity contribution in [2.75, 3.05) is 0 Å². The summed E-state index contributed by atoms with van der Waals surface area (Å²) in [5.41, 5.74) is 8.72. The second-order valence-electron chi connectivity index (χ2n) is 5.02. The number of rotatable bonds is 5. The molecule has 1 saturated carbocycles. The van der Waals surface area contributed by atoms with Crippen molar-refractivity contribution in [2.24, 2.45) is 5.73 Å². The van der Waals surface area contributed by atoms with E-state index in [1.165, 1.54) is 0 Å². The van der Waals surface area contributed by atoms with E-state index in [4.69, 9.17) is 5.73 Å². The van der Waals surface area contributed by atoms with Crippen LogP contribution in [-0.2, 0) is 17.8 Å². The summed E-state index contributed by atoms with van der Waals surface area (Å²) in [6.07, 6.45) is 2.58. The molecule has 1 aromatic heterocycles. The van der Waals surface area contributed by atoms with Crippen LogP contribution in [0.2, 0.25) is 0 Å². The van der Waals surface area contributed by atoms with Crippen molar-refractivity contribution in [3.05, 3.63) is 40.9 Å². The topological polar surface area (TPSA) is 68.0 Å². The molecule has 5 heteroatoms. The average molecular weight is 287 g/mol. The van der Waals surface area contributed by atoms with Crippen LogP contribution in [0.4, 0.5) is 0 Å². The van der Waals surface area contributed by atoms with E-state index in [0.717, 1.165) is 34.7 Å². The molecule has 4 nitrogen and oxygen atoms in total. The molecule has 0 aliphatic heterocycles. The van der Waals surface area contributed by atoms with Crippen LogP contribution < -0.4 is 11.1 Å². The van der Waals surface area contributed by atoms with E-state index in [0.29, 0.717) is 19.0 Å². The monoisotopic (exact) mass is 287 g/mol. The molecule has 2 aromatic rings. The van der Waals surface area contributed by atoms with Gasteiger partial charge in [0.15, 0.2) is 0 Å². The minimum absolute atomic E-state index is 0.0662. The molecule has 0 bridgehead atoms. The van der Waals surface area contributed by atoms with E-state index in [1.54, 1.807) is 11.3 Å². The van der Waals surface area contributed by atoms with Gasteiger partial charge in [0.2, 0.25) is 5.91 Å². The Labute approximate surface area is 122 Å². The zero-order chi connectivity index (χ0) is 13.9. The fraction of sp³-hybridized carbons (Fsp3) is 0.333. The zero-order valence-electron chi connectivity index (χ0n) is 11.1. The molecule has 1 aliphatic carbocycles. The Morgan fingerprint density at radius 1 is 1.40 bits per heavy atom. The Balaban J connectivity index is 1.73. The van der Waals surface area contributed by atoms with Crippen LogP contribution in [0.5, 0.6) is 0 Å². The highest BCUT2D eigenvalue weighted by atomic mass is 32.1. The number of benzene rings is 1. The average Bonchev–Trinajstić information content (AvgIpc) is 3.15. The molecule has 0 radical (unpaired) electrons. The maximum atomic E-state index is 11.8. The lowest BCUT2D eigenvalue weighted by Crippen LogP contribution is -2.27. The Morgan fingerprint density at radius 2 is 2.20 bits per heavy atom. The maximum Gasteiger partial charge on any atom is 0.226 e. The van der Waals surface area contributed by atoms with Gasteiger partial charge in [0.1, 0.15) is 5.01 Å². The summed E-state index contributed by atoms with van der Waals surface area (Å²) in [4.78, 5) is 16.3. The van der Waals surface area contributed by atoms with Crippen molar-refractivity contribution >= 4 is 17.2 Å². The third-order valence-corrected chi connectivity index (χ3v) is 4.23. The van der Waals surface area contributed by atoms with Crippen LogP contribution in [-0.4, -0.2) is 16.9 Å². The van der Waals surface area contributed by atoms with Gasteiger partial charge in [-0.05, 0) is 18.4 Å². The van der Waals surface area contributed by atoms with Gasteiger partial charge in [-0.25, -0.2) is 4.98 Å². The van der Waals surface area contributed by atoms with Crippen molar-refractivity contribution in [2.45, 2.75) is 31.8 Å². The Bertz CT molecular complexity index is 619. The number of nitrogens with zero attached hydrogens (tertiary/aromatic N) is 1. The number of hydrogen-bond acceptors (Lipinski definition) is 4. The normalized spacial score (nSPS) is 14.2. The largest absolute Gasteiger partial charge is 0.353 e. The van der Waals surface area contributed by atoms with Gasteiger partial charge in [-0.1, -0.05) is 24.3 Å². The fourth-order valence-electron chi connectivity index (χ4n) is 2.09. The number of hydrogen-bond donors (Lipinski definition) is 2. The minimum Gasteiger partial charge on any atom is -0.353 e. The molecule has 0 atom stereocenters. The van der Waals surface area contributed by atoms with Crippen molar-refractivity contribution in [1.82, 2.24) is 10.3 Å². The van der Waals surface area contributed by atoms with Gasteiger partial charge in [0, 0.05) is 23.5 Å². The number of nitrogens with one attached hydrogen (secondary N) is 1. The molecule has 3 N–H and O–H groups in total. The molecule has 20 heavy (non-hydrogen) atoms. The summed E-state index contributed by atoms with van der Waals surface area (Å²) in [5, 5.41) is 5.86. The second-order valence-corrected chi connectivity index (χ2v) is 5.88. The Morgan fingerprint density at radius 3 is 2.95 bits per heavy atom. The standard InChI is InChI=1S/C15H17N3OS/c16-8-10-3-1-2-4-13(10)15-18-12(9-20-15)7-14(19)17-11-5-6-11/h1-4,9,11H,5-8,16H2,(H,17,19). The molecule has 3 rings (SSSR count). The molecule has 1 amide bonds. The first-order valence-corrected chi connectivity index (χ1v) is 7.66. The highest BCUT2D eigenvalue weighted by Crippen LogP contribution is 2.27. The van der Waals surface area contributed by atoms with E-state index < -0.39 is 0 Å². The van der Waals surface area contributed by atoms with Crippen LogP contribution in [0.3, 0.4) is 0 Å². The van der Waals surface area contributed by atoms with E-state index >= 15 is 0 Å². The van der Waals surface area contributed by atoms with Crippen LogP contribution >= 0.6 is 11.3 Å². The highest BCUT2D eigenvalue weighted by molar-refractivity contribution is 7.13. The molecule has 0 saturated heterocycles. The molecule has 1 fully saturated rings. The van der Waals surface area contributed by atoms with E-state index in [1.807, 2.05) is 29.6 Å². The lowest BCUT2D eigenvalue weighted by molar-refractivity contribution is -0.120. The molecule has 1 heterocycles. The van der Waals surface area contributed by atoms with Gasteiger partial charge in [-0.15, -0.1) is 11.3 Å². The van der Waals surface area contributed by atoms with Gasteiger partial charge in [0.25, 0.3) is 0 Å².